The van der Waals surface area contributed by atoms with Crippen LogP contribution in [-0.4, -0.2) is 74.8 Å². The molecule has 0 unspecified atom stereocenters. The van der Waals surface area contributed by atoms with Crippen LogP contribution in [0.1, 0.15) is 48.8 Å². The van der Waals surface area contributed by atoms with Crippen molar-refractivity contribution in [2.45, 2.75) is 67.7 Å². The molecule has 2 saturated carbocycles. The molecular formula is C30H33N3O6. The molecule has 2 aromatic carbocycles. The molecule has 9 heteroatoms. The van der Waals surface area contributed by atoms with Gasteiger partial charge in [-0.2, -0.15) is 0 Å². The highest BCUT2D eigenvalue weighted by molar-refractivity contribution is 5.92. The molecular weight excluding hydrogens is 498 g/mol. The number of carbonyl (C=O) groups is 1. The Hall–Kier alpha value is -3.43. The van der Waals surface area contributed by atoms with Gasteiger partial charge < -0.3 is 19.8 Å². The minimum absolute atomic E-state index is 0.000853. The zero-order valence-corrected chi connectivity index (χ0v) is 22.0. The van der Waals surface area contributed by atoms with Crippen LogP contribution in [-0.2, 0) is 16.6 Å². The number of non-ortho nitro benzene ring substituents is 1. The van der Waals surface area contributed by atoms with Crippen LogP contribution in [0.5, 0.6) is 11.5 Å². The molecule has 5 aliphatic rings. The number of hydrogen-bond donors (Lipinski definition) is 2. The van der Waals surface area contributed by atoms with Gasteiger partial charge in [-0.05, 0) is 86.4 Å². The summed E-state index contributed by atoms with van der Waals surface area (Å²) in [6.45, 7) is 1.88. The third-order valence-corrected chi connectivity index (χ3v) is 10.1. The molecule has 1 saturated heterocycles. The molecule has 3 aliphatic carbocycles. The molecule has 1 spiro atoms. The average Bonchev–Trinajstić information content (AvgIpc) is 3.67. The number of piperidine rings is 1. The predicted octanol–water partition coefficient (Wildman–Crippen LogP) is 3.40. The normalized spacial score (nSPS) is 32.5. The minimum atomic E-state index is -0.994. The third-order valence-electron chi connectivity index (χ3n) is 10.1. The standard InChI is InChI=1S/C30H33N3O6/c1-31(25(35)11-6-18-4-8-21(9-5-18)33(37)38)22-12-13-30(36)24-16-20-7-10-23(34)27-26(20)29(30,28(22)39-27)14-15-32(24)17-19-2-3-19/h4-11,19,22,24,28,34,36H,2-3,12-17H2,1H3/t22-,24+,28-,29-,30+/m0/s1. The number of phenols is 1. The summed E-state index contributed by atoms with van der Waals surface area (Å²) in [5.41, 5.74) is 1.10. The van der Waals surface area contributed by atoms with E-state index in [-0.39, 0.29) is 29.4 Å². The van der Waals surface area contributed by atoms with Crippen LogP contribution in [0.4, 0.5) is 5.69 Å². The van der Waals surface area contributed by atoms with Gasteiger partial charge in [0.1, 0.15) is 6.10 Å². The van der Waals surface area contributed by atoms with Crippen molar-refractivity contribution in [3.63, 3.8) is 0 Å². The van der Waals surface area contributed by atoms with E-state index in [9.17, 15) is 25.1 Å². The van der Waals surface area contributed by atoms with E-state index < -0.39 is 22.0 Å². The topological polar surface area (TPSA) is 116 Å². The van der Waals surface area contributed by atoms with E-state index in [1.54, 1.807) is 36.2 Å². The highest BCUT2D eigenvalue weighted by Crippen LogP contribution is 2.66. The van der Waals surface area contributed by atoms with E-state index in [0.717, 1.165) is 43.0 Å². The Labute approximate surface area is 226 Å². The van der Waals surface area contributed by atoms with Crippen molar-refractivity contribution < 1.29 is 24.7 Å². The highest BCUT2D eigenvalue weighted by atomic mass is 16.6. The lowest BCUT2D eigenvalue weighted by molar-refractivity contribution is -0.384. The van der Waals surface area contributed by atoms with Gasteiger partial charge in [0, 0.05) is 43.4 Å². The van der Waals surface area contributed by atoms with Gasteiger partial charge in [-0.15, -0.1) is 0 Å². The zero-order valence-electron chi connectivity index (χ0n) is 22.0. The second kappa shape index (κ2) is 8.53. The predicted molar refractivity (Wildman–Crippen MR) is 143 cm³/mol. The molecule has 9 nitrogen and oxygen atoms in total. The van der Waals surface area contributed by atoms with Crippen molar-refractivity contribution in [1.82, 2.24) is 9.80 Å². The number of amides is 1. The van der Waals surface area contributed by atoms with Crippen molar-refractivity contribution in [3.05, 3.63) is 69.3 Å². The molecule has 1 amide bonds. The number of ether oxygens (including phenoxy) is 1. The molecule has 39 heavy (non-hydrogen) atoms. The van der Waals surface area contributed by atoms with Crippen molar-refractivity contribution in [3.8, 4) is 11.5 Å². The van der Waals surface area contributed by atoms with E-state index in [2.05, 4.69) is 4.90 Å². The lowest BCUT2D eigenvalue weighted by atomic mass is 9.48. The van der Waals surface area contributed by atoms with Crippen molar-refractivity contribution in [2.75, 3.05) is 20.1 Å². The minimum Gasteiger partial charge on any atom is -0.504 e. The number of aromatic hydroxyl groups is 1. The van der Waals surface area contributed by atoms with Gasteiger partial charge in [0.2, 0.25) is 5.91 Å². The zero-order chi connectivity index (χ0) is 27.1. The number of hydrogen-bond acceptors (Lipinski definition) is 7. The largest absolute Gasteiger partial charge is 0.504 e. The van der Waals surface area contributed by atoms with Gasteiger partial charge in [0.15, 0.2) is 11.5 Å². The second-order valence-corrected chi connectivity index (χ2v) is 12.0. The molecule has 5 atom stereocenters. The maximum Gasteiger partial charge on any atom is 0.269 e. The Morgan fingerprint density at radius 2 is 1.97 bits per heavy atom. The molecule has 0 aromatic heterocycles. The fraction of sp³-hybridized carbons (Fsp3) is 0.500. The second-order valence-electron chi connectivity index (χ2n) is 12.0. The summed E-state index contributed by atoms with van der Waals surface area (Å²) in [6, 6.07) is 9.44. The number of aliphatic hydroxyl groups is 1. The quantitative estimate of drug-likeness (QED) is 0.333. The summed E-state index contributed by atoms with van der Waals surface area (Å²) in [7, 11) is 1.77. The Kier molecular flexibility index (Phi) is 5.38. The number of carbonyl (C=O) groups excluding carboxylic acids is 1. The summed E-state index contributed by atoms with van der Waals surface area (Å²) in [5, 5.41) is 34.3. The maximum absolute atomic E-state index is 13.4. The van der Waals surface area contributed by atoms with Crippen LogP contribution in [0.2, 0.25) is 0 Å². The molecule has 2 heterocycles. The average molecular weight is 532 g/mol. The molecule has 0 radical (unpaired) electrons. The smallest absolute Gasteiger partial charge is 0.269 e. The van der Waals surface area contributed by atoms with E-state index in [1.165, 1.54) is 31.1 Å². The van der Waals surface area contributed by atoms with Gasteiger partial charge in [0.05, 0.1) is 22.0 Å². The molecule has 2 aliphatic heterocycles. The van der Waals surface area contributed by atoms with Crippen LogP contribution >= 0.6 is 0 Å². The fourth-order valence-electron chi connectivity index (χ4n) is 8.01. The SMILES string of the molecule is CN(C(=O)C=Cc1ccc([N+](=O)[O-])cc1)[C@H]1CC[C@@]2(O)[C@H]3Cc4ccc(O)c5c4[C@@]2(CCN3CC2CC2)[C@H]1O5. The first kappa shape index (κ1) is 24.6. The number of nitro groups is 1. The van der Waals surface area contributed by atoms with Gasteiger partial charge in [-0.3, -0.25) is 19.8 Å². The molecule has 2 N–H and O–H groups in total. The molecule has 7 rings (SSSR count). The maximum atomic E-state index is 13.4. The van der Waals surface area contributed by atoms with Crippen LogP contribution in [0.3, 0.4) is 0 Å². The number of phenolic OH excluding ortho intramolecular Hbond substituents is 1. The van der Waals surface area contributed by atoms with Gasteiger partial charge in [-0.25, -0.2) is 0 Å². The molecule has 204 valence electrons. The number of rotatable bonds is 6. The van der Waals surface area contributed by atoms with E-state index in [4.69, 9.17) is 4.74 Å². The number of benzene rings is 2. The summed E-state index contributed by atoms with van der Waals surface area (Å²) in [6.07, 6.45) is 7.79. The lowest BCUT2D eigenvalue weighted by Gasteiger charge is -2.64. The van der Waals surface area contributed by atoms with Gasteiger partial charge >= 0.3 is 0 Å². The van der Waals surface area contributed by atoms with Crippen molar-refractivity contribution >= 4 is 17.7 Å². The first-order valence-corrected chi connectivity index (χ1v) is 13.9. The number of likely N-dealkylation sites (tertiary alicyclic amines) is 1. The Morgan fingerprint density at radius 3 is 2.69 bits per heavy atom. The molecule has 2 bridgehead atoms. The summed E-state index contributed by atoms with van der Waals surface area (Å²) < 4.78 is 6.58. The van der Waals surface area contributed by atoms with Crippen LogP contribution in [0.25, 0.3) is 6.08 Å². The number of likely N-dealkylation sites (N-methyl/N-ethyl adjacent to an activating group) is 1. The van der Waals surface area contributed by atoms with Crippen LogP contribution < -0.4 is 4.74 Å². The highest BCUT2D eigenvalue weighted by Gasteiger charge is 2.73. The van der Waals surface area contributed by atoms with Gasteiger partial charge in [0.25, 0.3) is 5.69 Å². The molecule has 3 fully saturated rings. The van der Waals surface area contributed by atoms with E-state index >= 15 is 0 Å². The Balaban J connectivity index is 1.21. The summed E-state index contributed by atoms with van der Waals surface area (Å²) in [4.78, 5) is 28.0. The van der Waals surface area contributed by atoms with Crippen molar-refractivity contribution in [1.29, 1.82) is 0 Å². The van der Waals surface area contributed by atoms with Crippen LogP contribution in [0.15, 0.2) is 42.5 Å². The summed E-state index contributed by atoms with van der Waals surface area (Å²) >= 11 is 0. The van der Waals surface area contributed by atoms with Gasteiger partial charge in [-0.1, -0.05) is 6.07 Å². The van der Waals surface area contributed by atoms with E-state index in [1.807, 2.05) is 6.07 Å². The number of nitro benzene ring substituents is 1. The summed E-state index contributed by atoms with van der Waals surface area (Å²) in [5.74, 6) is 1.07. The first-order valence-electron chi connectivity index (χ1n) is 13.9. The fourth-order valence-corrected chi connectivity index (χ4v) is 8.01. The van der Waals surface area contributed by atoms with Crippen LogP contribution in [0, 0.1) is 16.0 Å². The van der Waals surface area contributed by atoms with Crippen molar-refractivity contribution in [2.24, 2.45) is 5.92 Å². The molecule has 2 aromatic rings. The lowest BCUT2D eigenvalue weighted by Crippen LogP contribution is -2.78. The monoisotopic (exact) mass is 531 g/mol. The first-order chi connectivity index (χ1) is 18.7. The third kappa shape index (κ3) is 3.49. The Morgan fingerprint density at radius 1 is 1.21 bits per heavy atom. The Bertz CT molecular complexity index is 1390. The van der Waals surface area contributed by atoms with E-state index in [0.29, 0.717) is 24.2 Å². The number of nitrogens with zero attached hydrogens (tertiary/aromatic N) is 3.